The Morgan fingerprint density at radius 3 is 2.57 bits per heavy atom. The predicted molar refractivity (Wildman–Crippen MR) is 85.9 cm³/mol. The summed E-state index contributed by atoms with van der Waals surface area (Å²) in [4.78, 5) is 12.4. The molecule has 0 N–H and O–H groups in total. The van der Waals surface area contributed by atoms with Gasteiger partial charge in [-0.1, -0.05) is 37.6 Å². The van der Waals surface area contributed by atoms with E-state index in [4.69, 9.17) is 0 Å². The molecule has 114 valence electrons. The average molecular weight is 284 g/mol. The molecule has 4 aliphatic rings. The van der Waals surface area contributed by atoms with E-state index in [1.807, 2.05) is 0 Å². The van der Waals surface area contributed by atoms with Gasteiger partial charge in [-0.2, -0.15) is 0 Å². The summed E-state index contributed by atoms with van der Waals surface area (Å²) in [6.45, 7) is 8.99. The van der Waals surface area contributed by atoms with Crippen molar-refractivity contribution in [3.8, 4) is 0 Å². The molecule has 21 heavy (non-hydrogen) atoms. The standard InChI is InChI=1S/C20H28O/c1-13-8-10-19(2)14(12-13)4-5-15-16-6-7-18(21)20(16,3)11-9-17(15)19/h12,15-17H,1,4-11H2,2-3H3/t15-,16-,17+,19-,20-/m0/s1. The van der Waals surface area contributed by atoms with Crippen molar-refractivity contribution in [2.45, 2.75) is 65.2 Å². The van der Waals surface area contributed by atoms with E-state index in [1.165, 1.54) is 44.1 Å². The Balaban J connectivity index is 1.70. The maximum atomic E-state index is 12.4. The minimum absolute atomic E-state index is 0.0248. The van der Waals surface area contributed by atoms with Crippen LogP contribution in [-0.2, 0) is 4.79 Å². The molecule has 0 heterocycles. The Kier molecular flexibility index (Phi) is 2.85. The van der Waals surface area contributed by atoms with E-state index in [1.54, 1.807) is 5.57 Å². The van der Waals surface area contributed by atoms with E-state index < -0.39 is 0 Å². The van der Waals surface area contributed by atoms with Crippen LogP contribution in [0.4, 0.5) is 0 Å². The molecule has 0 amide bonds. The van der Waals surface area contributed by atoms with Gasteiger partial charge in [0.25, 0.3) is 0 Å². The summed E-state index contributed by atoms with van der Waals surface area (Å²) >= 11 is 0. The first-order valence-electron chi connectivity index (χ1n) is 8.87. The highest BCUT2D eigenvalue weighted by molar-refractivity contribution is 5.87. The lowest BCUT2D eigenvalue weighted by Gasteiger charge is -2.57. The molecule has 0 radical (unpaired) electrons. The molecule has 0 unspecified atom stereocenters. The molecular weight excluding hydrogens is 256 g/mol. The minimum atomic E-state index is 0.0248. The van der Waals surface area contributed by atoms with Crippen LogP contribution in [0.2, 0.25) is 0 Å². The third-order valence-corrected chi connectivity index (χ3v) is 7.79. The van der Waals surface area contributed by atoms with Gasteiger partial charge in [0, 0.05) is 11.8 Å². The van der Waals surface area contributed by atoms with Gasteiger partial charge in [0.2, 0.25) is 0 Å². The van der Waals surface area contributed by atoms with Crippen LogP contribution in [-0.4, -0.2) is 5.78 Å². The number of fused-ring (bicyclic) bond motifs is 5. The lowest BCUT2D eigenvalue weighted by Crippen LogP contribution is -2.50. The second-order valence-corrected chi connectivity index (χ2v) is 8.58. The second kappa shape index (κ2) is 4.33. The second-order valence-electron chi connectivity index (χ2n) is 8.58. The minimum Gasteiger partial charge on any atom is -0.299 e. The Bertz CT molecular complexity index is 542. The van der Waals surface area contributed by atoms with Crippen molar-refractivity contribution < 1.29 is 4.79 Å². The lowest BCUT2D eigenvalue weighted by molar-refractivity contribution is -0.132. The SMILES string of the molecule is C=C1C=C2CC[C@@H]3[C@@H](CC[C@]4(C)C(=O)CC[C@@H]34)[C@@]2(C)CC1. The maximum absolute atomic E-state index is 12.4. The van der Waals surface area contributed by atoms with Crippen LogP contribution in [0.3, 0.4) is 0 Å². The number of carbonyl (C=O) groups excluding carboxylic acids is 1. The summed E-state index contributed by atoms with van der Waals surface area (Å²) in [5, 5.41) is 0. The van der Waals surface area contributed by atoms with Crippen LogP contribution in [0.1, 0.15) is 65.2 Å². The van der Waals surface area contributed by atoms with Crippen molar-refractivity contribution >= 4 is 5.78 Å². The van der Waals surface area contributed by atoms with Gasteiger partial charge < -0.3 is 0 Å². The number of hydrogen-bond donors (Lipinski definition) is 0. The van der Waals surface area contributed by atoms with Crippen LogP contribution < -0.4 is 0 Å². The number of allylic oxidation sites excluding steroid dienone is 3. The number of rotatable bonds is 0. The van der Waals surface area contributed by atoms with Crippen molar-refractivity contribution in [3.05, 3.63) is 23.8 Å². The molecule has 0 aromatic rings. The first-order valence-corrected chi connectivity index (χ1v) is 8.87. The Labute approximate surface area is 128 Å². The number of carbonyl (C=O) groups is 1. The largest absolute Gasteiger partial charge is 0.299 e. The molecule has 1 nitrogen and oxygen atoms in total. The molecule has 0 aromatic carbocycles. The maximum Gasteiger partial charge on any atom is 0.139 e. The summed E-state index contributed by atoms with van der Waals surface area (Å²) in [5.74, 6) is 2.85. The first-order chi connectivity index (χ1) is 9.95. The highest BCUT2D eigenvalue weighted by atomic mass is 16.1. The van der Waals surface area contributed by atoms with Gasteiger partial charge in [-0.3, -0.25) is 4.79 Å². The fourth-order valence-corrected chi connectivity index (χ4v) is 6.42. The average Bonchev–Trinajstić information content (AvgIpc) is 2.76. The van der Waals surface area contributed by atoms with E-state index >= 15 is 0 Å². The van der Waals surface area contributed by atoms with E-state index in [2.05, 4.69) is 26.5 Å². The number of hydrogen-bond acceptors (Lipinski definition) is 1. The summed E-state index contributed by atoms with van der Waals surface area (Å²) in [5.41, 5.74) is 3.43. The van der Waals surface area contributed by atoms with Gasteiger partial charge in [0.1, 0.15) is 5.78 Å². The Morgan fingerprint density at radius 2 is 1.76 bits per heavy atom. The third-order valence-electron chi connectivity index (χ3n) is 7.79. The van der Waals surface area contributed by atoms with Crippen LogP contribution in [0.15, 0.2) is 23.8 Å². The normalized spacial score (nSPS) is 49.2. The van der Waals surface area contributed by atoms with E-state index in [0.717, 1.165) is 24.7 Å². The van der Waals surface area contributed by atoms with Crippen molar-refractivity contribution in [2.24, 2.45) is 28.6 Å². The molecule has 5 atom stereocenters. The third kappa shape index (κ3) is 1.72. The van der Waals surface area contributed by atoms with Crippen LogP contribution in [0.5, 0.6) is 0 Å². The molecule has 4 rings (SSSR count). The zero-order valence-electron chi connectivity index (χ0n) is 13.6. The molecular formula is C20H28O. The predicted octanol–water partition coefficient (Wildman–Crippen LogP) is 5.07. The van der Waals surface area contributed by atoms with E-state index in [-0.39, 0.29) is 5.41 Å². The van der Waals surface area contributed by atoms with Crippen molar-refractivity contribution in [2.75, 3.05) is 0 Å². The zero-order chi connectivity index (χ0) is 14.8. The lowest BCUT2D eigenvalue weighted by atomic mass is 9.47. The molecule has 3 saturated carbocycles. The quantitative estimate of drug-likeness (QED) is 0.606. The summed E-state index contributed by atoms with van der Waals surface area (Å²) in [7, 11) is 0. The highest BCUT2D eigenvalue weighted by Gasteiger charge is 2.58. The molecule has 1 heteroatoms. The first kappa shape index (κ1) is 13.8. The molecule has 0 aliphatic heterocycles. The fourth-order valence-electron chi connectivity index (χ4n) is 6.42. The number of ketones is 1. The van der Waals surface area contributed by atoms with Gasteiger partial charge in [-0.05, 0) is 68.1 Å². The molecule has 0 bridgehead atoms. The van der Waals surface area contributed by atoms with Crippen molar-refractivity contribution in [3.63, 3.8) is 0 Å². The van der Waals surface area contributed by atoms with Gasteiger partial charge in [-0.15, -0.1) is 0 Å². The zero-order valence-corrected chi connectivity index (χ0v) is 13.6. The van der Waals surface area contributed by atoms with Crippen molar-refractivity contribution in [1.82, 2.24) is 0 Å². The molecule has 0 spiro atoms. The summed E-state index contributed by atoms with van der Waals surface area (Å²) < 4.78 is 0. The summed E-state index contributed by atoms with van der Waals surface area (Å²) in [6.07, 6.45) is 11.8. The molecule has 0 saturated heterocycles. The van der Waals surface area contributed by atoms with Crippen LogP contribution >= 0.6 is 0 Å². The highest BCUT2D eigenvalue weighted by Crippen LogP contribution is 2.64. The van der Waals surface area contributed by atoms with Gasteiger partial charge in [-0.25, -0.2) is 0 Å². The Hall–Kier alpha value is -0.850. The summed E-state index contributed by atoms with van der Waals surface area (Å²) in [6, 6.07) is 0. The molecule has 3 fully saturated rings. The smallest absolute Gasteiger partial charge is 0.139 e. The van der Waals surface area contributed by atoms with Gasteiger partial charge in [0.15, 0.2) is 0 Å². The monoisotopic (exact) mass is 284 g/mol. The van der Waals surface area contributed by atoms with Gasteiger partial charge >= 0.3 is 0 Å². The Morgan fingerprint density at radius 1 is 1.00 bits per heavy atom. The number of Topliss-reactive ketones (excluding diaryl/α,β-unsaturated/α-hetero) is 1. The topological polar surface area (TPSA) is 17.1 Å². The van der Waals surface area contributed by atoms with Gasteiger partial charge in [0.05, 0.1) is 0 Å². The van der Waals surface area contributed by atoms with Crippen LogP contribution in [0.25, 0.3) is 0 Å². The van der Waals surface area contributed by atoms with E-state index in [9.17, 15) is 4.79 Å². The van der Waals surface area contributed by atoms with E-state index in [0.29, 0.717) is 17.1 Å². The fraction of sp³-hybridized carbons (Fsp3) is 0.750. The van der Waals surface area contributed by atoms with Crippen molar-refractivity contribution in [1.29, 1.82) is 0 Å². The van der Waals surface area contributed by atoms with Crippen LogP contribution in [0, 0.1) is 28.6 Å². The molecule has 4 aliphatic carbocycles. The molecule has 0 aromatic heterocycles.